The smallest absolute Gasteiger partial charge is 0.114 e. The van der Waals surface area contributed by atoms with E-state index >= 15 is 0 Å². The van der Waals surface area contributed by atoms with E-state index in [1.807, 2.05) is 38.2 Å². The molecule has 0 aliphatic rings. The Bertz CT molecular complexity index is 481. The highest BCUT2D eigenvalue weighted by Gasteiger charge is 2.17. The highest BCUT2D eigenvalue weighted by molar-refractivity contribution is 7.09. The maximum atomic E-state index is 6.19. The Morgan fingerprint density at radius 2 is 2.12 bits per heavy atom. The predicted octanol–water partition coefficient (Wildman–Crippen LogP) is 3.41. The van der Waals surface area contributed by atoms with Crippen LogP contribution in [0.25, 0.3) is 0 Å². The molecule has 0 aliphatic carbocycles. The summed E-state index contributed by atoms with van der Waals surface area (Å²) in [6.45, 7) is 2.00. The summed E-state index contributed by atoms with van der Waals surface area (Å²) in [5, 5.41) is 7.13. The van der Waals surface area contributed by atoms with E-state index in [-0.39, 0.29) is 6.04 Å². The number of aryl methyl sites for hydroxylation is 1. The Morgan fingerprint density at radius 1 is 1.38 bits per heavy atom. The molecule has 84 valence electrons. The van der Waals surface area contributed by atoms with Gasteiger partial charge < -0.3 is 5.32 Å². The summed E-state index contributed by atoms with van der Waals surface area (Å²) in [6.07, 6.45) is 0. The number of rotatable bonds is 3. The third-order valence-electron chi connectivity index (χ3n) is 2.39. The normalized spacial score (nSPS) is 12.7. The first-order valence-corrected chi connectivity index (χ1v) is 6.32. The molecule has 0 saturated carbocycles. The van der Waals surface area contributed by atoms with Crippen LogP contribution in [0.1, 0.15) is 22.3 Å². The van der Waals surface area contributed by atoms with E-state index in [1.165, 1.54) is 0 Å². The highest BCUT2D eigenvalue weighted by atomic mass is 35.5. The van der Waals surface area contributed by atoms with Gasteiger partial charge >= 0.3 is 0 Å². The molecule has 0 amide bonds. The summed E-state index contributed by atoms with van der Waals surface area (Å²) in [5.74, 6) is 0. The second-order valence-electron chi connectivity index (χ2n) is 3.57. The molecule has 2 nitrogen and oxygen atoms in total. The number of nitrogens with zero attached hydrogens (tertiary/aromatic N) is 1. The molecule has 2 aromatic rings. The van der Waals surface area contributed by atoms with Gasteiger partial charge in [0.25, 0.3) is 0 Å². The SMILES string of the molecule is CNC(c1nc(C)cs1)c1ccccc1Cl. The molecule has 4 heteroatoms. The van der Waals surface area contributed by atoms with Gasteiger partial charge in [0.15, 0.2) is 0 Å². The molecule has 1 aromatic heterocycles. The standard InChI is InChI=1S/C12H13ClN2S/c1-8-7-16-12(15-8)11(14-2)9-5-3-4-6-10(9)13/h3-7,11,14H,1-2H3. The summed E-state index contributed by atoms with van der Waals surface area (Å²) in [5.41, 5.74) is 2.12. The molecule has 16 heavy (non-hydrogen) atoms. The van der Waals surface area contributed by atoms with Crippen LogP contribution in [0.3, 0.4) is 0 Å². The number of hydrogen-bond acceptors (Lipinski definition) is 3. The number of nitrogens with one attached hydrogen (secondary N) is 1. The Balaban J connectivity index is 2.40. The lowest BCUT2D eigenvalue weighted by Gasteiger charge is -2.15. The Hall–Kier alpha value is -0.900. The Labute approximate surface area is 104 Å². The quantitative estimate of drug-likeness (QED) is 0.906. The van der Waals surface area contributed by atoms with Crippen LogP contribution >= 0.6 is 22.9 Å². The van der Waals surface area contributed by atoms with Gasteiger partial charge in [0, 0.05) is 16.1 Å². The summed E-state index contributed by atoms with van der Waals surface area (Å²) in [6, 6.07) is 7.94. The molecule has 0 spiro atoms. The zero-order valence-electron chi connectivity index (χ0n) is 9.20. The summed E-state index contributed by atoms with van der Waals surface area (Å²) in [7, 11) is 1.92. The lowest BCUT2D eigenvalue weighted by molar-refractivity contribution is 0.685. The molecule has 1 heterocycles. The van der Waals surface area contributed by atoms with Gasteiger partial charge in [0.2, 0.25) is 0 Å². The first kappa shape index (κ1) is 11.6. The molecule has 1 aromatic carbocycles. The van der Waals surface area contributed by atoms with Gasteiger partial charge in [-0.25, -0.2) is 4.98 Å². The summed E-state index contributed by atoms with van der Waals surface area (Å²) in [4.78, 5) is 4.50. The van der Waals surface area contributed by atoms with Crippen LogP contribution in [-0.4, -0.2) is 12.0 Å². The van der Waals surface area contributed by atoms with Crippen LogP contribution < -0.4 is 5.32 Å². The molecule has 0 aliphatic heterocycles. The highest BCUT2D eigenvalue weighted by Crippen LogP contribution is 2.29. The van der Waals surface area contributed by atoms with Gasteiger partial charge in [0.05, 0.1) is 6.04 Å². The van der Waals surface area contributed by atoms with Crippen molar-refractivity contribution in [3.8, 4) is 0 Å². The minimum absolute atomic E-state index is 0.0763. The van der Waals surface area contributed by atoms with Gasteiger partial charge in [-0.15, -0.1) is 11.3 Å². The lowest BCUT2D eigenvalue weighted by atomic mass is 10.1. The molecule has 0 bridgehead atoms. The van der Waals surface area contributed by atoms with E-state index in [4.69, 9.17) is 11.6 Å². The Kier molecular flexibility index (Phi) is 3.59. The fraction of sp³-hybridized carbons (Fsp3) is 0.250. The summed E-state index contributed by atoms with van der Waals surface area (Å²) >= 11 is 7.84. The zero-order valence-corrected chi connectivity index (χ0v) is 10.8. The monoisotopic (exact) mass is 252 g/mol. The molecule has 0 fully saturated rings. The third kappa shape index (κ3) is 2.26. The minimum atomic E-state index is 0.0763. The fourth-order valence-electron chi connectivity index (χ4n) is 1.63. The predicted molar refractivity (Wildman–Crippen MR) is 69.2 cm³/mol. The first-order chi connectivity index (χ1) is 7.72. The average molecular weight is 253 g/mol. The number of hydrogen-bond donors (Lipinski definition) is 1. The molecular weight excluding hydrogens is 240 g/mol. The third-order valence-corrected chi connectivity index (χ3v) is 3.76. The van der Waals surface area contributed by atoms with Crippen molar-refractivity contribution in [2.75, 3.05) is 7.05 Å². The van der Waals surface area contributed by atoms with E-state index in [0.717, 1.165) is 21.3 Å². The zero-order chi connectivity index (χ0) is 11.5. The molecule has 2 rings (SSSR count). The van der Waals surface area contributed by atoms with Crippen LogP contribution in [-0.2, 0) is 0 Å². The van der Waals surface area contributed by atoms with Crippen LogP contribution in [0.5, 0.6) is 0 Å². The molecule has 0 saturated heterocycles. The molecule has 1 N–H and O–H groups in total. The van der Waals surface area contributed by atoms with Gasteiger partial charge in [-0.1, -0.05) is 29.8 Å². The number of aromatic nitrogens is 1. The molecule has 1 atom stereocenters. The summed E-state index contributed by atoms with van der Waals surface area (Å²) < 4.78 is 0. The van der Waals surface area contributed by atoms with Crippen molar-refractivity contribution in [2.45, 2.75) is 13.0 Å². The first-order valence-electron chi connectivity index (χ1n) is 5.06. The van der Waals surface area contributed by atoms with Gasteiger partial charge in [-0.05, 0) is 25.6 Å². The Morgan fingerprint density at radius 3 is 2.69 bits per heavy atom. The van der Waals surface area contributed by atoms with E-state index < -0.39 is 0 Å². The van der Waals surface area contributed by atoms with E-state index in [0.29, 0.717) is 0 Å². The van der Waals surface area contributed by atoms with E-state index in [9.17, 15) is 0 Å². The number of halogens is 1. The topological polar surface area (TPSA) is 24.9 Å². The van der Waals surface area contributed by atoms with Crippen molar-refractivity contribution < 1.29 is 0 Å². The number of thiazole rings is 1. The maximum absolute atomic E-state index is 6.19. The van der Waals surface area contributed by atoms with Crippen LogP contribution in [0.4, 0.5) is 0 Å². The van der Waals surface area contributed by atoms with Crippen molar-refractivity contribution >= 4 is 22.9 Å². The largest absolute Gasteiger partial charge is 0.307 e. The molecule has 1 unspecified atom stereocenters. The fourth-order valence-corrected chi connectivity index (χ4v) is 2.79. The van der Waals surface area contributed by atoms with E-state index in [1.54, 1.807) is 11.3 Å². The molecule has 0 radical (unpaired) electrons. The van der Waals surface area contributed by atoms with Crippen molar-refractivity contribution in [1.29, 1.82) is 0 Å². The van der Waals surface area contributed by atoms with Crippen molar-refractivity contribution in [2.24, 2.45) is 0 Å². The van der Waals surface area contributed by atoms with Crippen molar-refractivity contribution in [3.05, 3.63) is 50.9 Å². The average Bonchev–Trinajstić information content (AvgIpc) is 2.69. The lowest BCUT2D eigenvalue weighted by Crippen LogP contribution is -2.17. The second-order valence-corrected chi connectivity index (χ2v) is 4.87. The second kappa shape index (κ2) is 4.95. The van der Waals surface area contributed by atoms with Crippen LogP contribution in [0.2, 0.25) is 5.02 Å². The molecular formula is C12H13ClN2S. The van der Waals surface area contributed by atoms with Gasteiger partial charge in [-0.3, -0.25) is 0 Å². The minimum Gasteiger partial charge on any atom is -0.307 e. The van der Waals surface area contributed by atoms with Crippen LogP contribution in [0, 0.1) is 6.92 Å². The van der Waals surface area contributed by atoms with Crippen molar-refractivity contribution in [3.63, 3.8) is 0 Å². The van der Waals surface area contributed by atoms with E-state index in [2.05, 4.69) is 15.7 Å². The van der Waals surface area contributed by atoms with Crippen molar-refractivity contribution in [1.82, 2.24) is 10.3 Å². The van der Waals surface area contributed by atoms with Crippen LogP contribution in [0.15, 0.2) is 29.6 Å². The maximum Gasteiger partial charge on any atom is 0.114 e. The van der Waals surface area contributed by atoms with Gasteiger partial charge in [0.1, 0.15) is 5.01 Å². The number of benzene rings is 1. The van der Waals surface area contributed by atoms with Gasteiger partial charge in [-0.2, -0.15) is 0 Å².